The predicted octanol–water partition coefficient (Wildman–Crippen LogP) is 1.54. The zero-order chi connectivity index (χ0) is 13.4. The minimum atomic E-state index is -0.392. The molecule has 1 aromatic rings. The van der Waals surface area contributed by atoms with Gasteiger partial charge >= 0.3 is 0 Å². The number of carbonyl (C=O) groups excluding carboxylic acids is 1. The molecule has 2 N–H and O–H groups in total. The lowest BCUT2D eigenvalue weighted by Crippen LogP contribution is -2.27. The van der Waals surface area contributed by atoms with Crippen LogP contribution in [0.1, 0.15) is 18.9 Å². The summed E-state index contributed by atoms with van der Waals surface area (Å²) in [5, 5.41) is 20.4. The molecule has 0 saturated heterocycles. The largest absolute Gasteiger partial charge is 0.393 e. The Kier molecular flexibility index (Phi) is 6.26. The molecule has 96 valence electrons. The zero-order valence-corrected chi connectivity index (χ0v) is 11.0. The van der Waals surface area contributed by atoms with Crippen molar-refractivity contribution in [3.05, 3.63) is 29.8 Å². The van der Waals surface area contributed by atoms with Gasteiger partial charge < -0.3 is 10.4 Å². The molecule has 0 radical (unpaired) electrons. The summed E-state index contributed by atoms with van der Waals surface area (Å²) in [4.78, 5) is 12.4. The van der Waals surface area contributed by atoms with E-state index in [2.05, 4.69) is 5.32 Å². The molecule has 1 unspecified atom stereocenters. The van der Waals surface area contributed by atoms with Crippen molar-refractivity contribution in [3.63, 3.8) is 0 Å². The molecule has 18 heavy (non-hydrogen) atoms. The first-order chi connectivity index (χ1) is 8.61. The number of nitrogens with zero attached hydrogens (tertiary/aromatic N) is 1. The molecule has 1 rings (SSSR count). The van der Waals surface area contributed by atoms with Gasteiger partial charge in [0.25, 0.3) is 0 Å². The summed E-state index contributed by atoms with van der Waals surface area (Å²) in [5.74, 6) is 0.288. The fourth-order valence-electron chi connectivity index (χ4n) is 1.25. The molecular weight excluding hydrogens is 248 g/mol. The fourth-order valence-corrected chi connectivity index (χ4v) is 1.97. The Morgan fingerprint density at radius 1 is 1.50 bits per heavy atom. The first-order valence-corrected chi connectivity index (χ1v) is 6.68. The van der Waals surface area contributed by atoms with Crippen LogP contribution in [0.15, 0.2) is 29.2 Å². The SMILES string of the molecule is CC(O)CCNC(=O)CSc1ccc(C#N)cc1. The molecule has 4 nitrogen and oxygen atoms in total. The van der Waals surface area contributed by atoms with Gasteiger partial charge in [0.15, 0.2) is 0 Å². The van der Waals surface area contributed by atoms with Gasteiger partial charge in [-0.3, -0.25) is 4.79 Å². The lowest BCUT2D eigenvalue weighted by atomic mass is 10.2. The number of benzene rings is 1. The number of rotatable bonds is 6. The number of hydrogen-bond donors (Lipinski definition) is 2. The second-order valence-corrected chi connectivity index (χ2v) is 4.96. The van der Waals surface area contributed by atoms with Gasteiger partial charge in [-0.1, -0.05) is 0 Å². The van der Waals surface area contributed by atoms with Crippen LogP contribution in [0.2, 0.25) is 0 Å². The molecule has 0 bridgehead atoms. The molecule has 0 saturated carbocycles. The van der Waals surface area contributed by atoms with Crippen molar-refractivity contribution in [3.8, 4) is 6.07 Å². The molecule has 1 aromatic carbocycles. The maximum atomic E-state index is 11.5. The van der Waals surface area contributed by atoms with Gasteiger partial charge in [0.2, 0.25) is 5.91 Å². The number of nitriles is 1. The van der Waals surface area contributed by atoms with E-state index in [1.807, 2.05) is 18.2 Å². The fraction of sp³-hybridized carbons (Fsp3) is 0.385. The molecule has 0 aromatic heterocycles. The van der Waals surface area contributed by atoms with Crippen molar-refractivity contribution in [1.29, 1.82) is 5.26 Å². The maximum Gasteiger partial charge on any atom is 0.230 e. The van der Waals surface area contributed by atoms with Gasteiger partial charge in [0, 0.05) is 11.4 Å². The van der Waals surface area contributed by atoms with Gasteiger partial charge in [-0.05, 0) is 37.6 Å². The van der Waals surface area contributed by atoms with E-state index in [0.717, 1.165) is 4.90 Å². The quantitative estimate of drug-likeness (QED) is 0.764. The minimum Gasteiger partial charge on any atom is -0.393 e. The van der Waals surface area contributed by atoms with Crippen LogP contribution in [0.5, 0.6) is 0 Å². The Morgan fingerprint density at radius 3 is 2.72 bits per heavy atom. The van der Waals surface area contributed by atoms with Gasteiger partial charge in [0.1, 0.15) is 0 Å². The molecule has 1 amide bonds. The van der Waals surface area contributed by atoms with Crippen molar-refractivity contribution < 1.29 is 9.90 Å². The van der Waals surface area contributed by atoms with Crippen molar-refractivity contribution in [2.75, 3.05) is 12.3 Å². The third-order valence-electron chi connectivity index (χ3n) is 2.24. The first kappa shape index (κ1) is 14.6. The van der Waals surface area contributed by atoms with E-state index >= 15 is 0 Å². The number of nitrogens with one attached hydrogen (secondary N) is 1. The highest BCUT2D eigenvalue weighted by Gasteiger charge is 2.03. The minimum absolute atomic E-state index is 0.0509. The van der Waals surface area contributed by atoms with Crippen LogP contribution in [0.3, 0.4) is 0 Å². The van der Waals surface area contributed by atoms with Crippen molar-refractivity contribution in [2.24, 2.45) is 0 Å². The highest BCUT2D eigenvalue weighted by molar-refractivity contribution is 8.00. The number of amides is 1. The summed E-state index contributed by atoms with van der Waals surface area (Å²) in [7, 11) is 0. The van der Waals surface area contributed by atoms with Gasteiger partial charge in [0.05, 0.1) is 23.5 Å². The number of carbonyl (C=O) groups is 1. The monoisotopic (exact) mass is 264 g/mol. The summed E-state index contributed by atoms with van der Waals surface area (Å²) in [6, 6.07) is 9.16. The van der Waals surface area contributed by atoms with Crippen LogP contribution < -0.4 is 5.32 Å². The third kappa shape index (κ3) is 5.71. The molecule has 0 heterocycles. The molecule has 0 fully saturated rings. The Labute approximate surface area is 111 Å². The van der Waals surface area contributed by atoms with Crippen LogP contribution in [0.4, 0.5) is 0 Å². The maximum absolute atomic E-state index is 11.5. The number of thioether (sulfide) groups is 1. The zero-order valence-electron chi connectivity index (χ0n) is 10.2. The van der Waals surface area contributed by atoms with Crippen LogP contribution in [0, 0.1) is 11.3 Å². The highest BCUT2D eigenvalue weighted by atomic mass is 32.2. The summed E-state index contributed by atoms with van der Waals surface area (Å²) in [6.07, 6.45) is 0.171. The number of aliphatic hydroxyl groups is 1. The summed E-state index contributed by atoms with van der Waals surface area (Å²) in [6.45, 7) is 2.18. The highest BCUT2D eigenvalue weighted by Crippen LogP contribution is 2.17. The average Bonchev–Trinajstić information content (AvgIpc) is 2.36. The lowest BCUT2D eigenvalue weighted by Gasteiger charge is -2.06. The molecule has 0 aliphatic carbocycles. The number of aliphatic hydroxyl groups excluding tert-OH is 1. The Balaban J connectivity index is 2.27. The van der Waals surface area contributed by atoms with E-state index in [1.54, 1.807) is 19.1 Å². The standard InChI is InChI=1S/C13H16N2O2S/c1-10(16)6-7-15-13(17)9-18-12-4-2-11(8-14)3-5-12/h2-5,10,16H,6-7,9H2,1H3,(H,15,17). The van der Waals surface area contributed by atoms with Crippen molar-refractivity contribution >= 4 is 17.7 Å². The van der Waals surface area contributed by atoms with Crippen LogP contribution >= 0.6 is 11.8 Å². The van der Waals surface area contributed by atoms with Gasteiger partial charge in [-0.2, -0.15) is 5.26 Å². The smallest absolute Gasteiger partial charge is 0.230 e. The summed E-state index contributed by atoms with van der Waals surface area (Å²) < 4.78 is 0. The summed E-state index contributed by atoms with van der Waals surface area (Å²) in [5.41, 5.74) is 0.612. The predicted molar refractivity (Wildman–Crippen MR) is 71.2 cm³/mol. The van der Waals surface area contributed by atoms with E-state index < -0.39 is 6.10 Å². The van der Waals surface area contributed by atoms with Crippen LogP contribution in [0.25, 0.3) is 0 Å². The van der Waals surface area contributed by atoms with Gasteiger partial charge in [-0.25, -0.2) is 0 Å². The third-order valence-corrected chi connectivity index (χ3v) is 3.25. The normalized spacial score (nSPS) is 11.6. The Hall–Kier alpha value is -1.51. The first-order valence-electron chi connectivity index (χ1n) is 5.69. The topological polar surface area (TPSA) is 73.1 Å². The Morgan fingerprint density at radius 2 is 2.17 bits per heavy atom. The molecule has 5 heteroatoms. The second-order valence-electron chi connectivity index (χ2n) is 3.91. The lowest BCUT2D eigenvalue weighted by molar-refractivity contribution is -0.118. The van der Waals surface area contributed by atoms with E-state index in [0.29, 0.717) is 24.3 Å². The van der Waals surface area contributed by atoms with Crippen LogP contribution in [-0.4, -0.2) is 29.4 Å². The Bertz CT molecular complexity index is 424. The van der Waals surface area contributed by atoms with E-state index in [4.69, 9.17) is 10.4 Å². The second kappa shape index (κ2) is 7.75. The average molecular weight is 264 g/mol. The van der Waals surface area contributed by atoms with E-state index in [9.17, 15) is 4.79 Å². The molecule has 1 atom stereocenters. The number of hydrogen-bond acceptors (Lipinski definition) is 4. The van der Waals surface area contributed by atoms with Crippen LogP contribution in [-0.2, 0) is 4.79 Å². The van der Waals surface area contributed by atoms with Gasteiger partial charge in [-0.15, -0.1) is 11.8 Å². The summed E-state index contributed by atoms with van der Waals surface area (Å²) >= 11 is 1.42. The molecular formula is C13H16N2O2S. The van der Waals surface area contributed by atoms with Crippen molar-refractivity contribution in [1.82, 2.24) is 5.32 Å². The molecule has 0 aliphatic heterocycles. The van der Waals surface area contributed by atoms with E-state index in [-0.39, 0.29) is 5.91 Å². The van der Waals surface area contributed by atoms with Crippen molar-refractivity contribution in [2.45, 2.75) is 24.3 Å². The molecule has 0 spiro atoms. The van der Waals surface area contributed by atoms with E-state index in [1.165, 1.54) is 11.8 Å². The molecule has 0 aliphatic rings.